The summed E-state index contributed by atoms with van der Waals surface area (Å²) in [7, 11) is -7.90. The van der Waals surface area contributed by atoms with Gasteiger partial charge in [0.2, 0.25) is 10.0 Å². The number of aryl methyl sites for hydroxylation is 4. The van der Waals surface area contributed by atoms with Crippen molar-refractivity contribution in [3.63, 3.8) is 0 Å². The zero-order chi connectivity index (χ0) is 22.1. The molecule has 164 valence electrons. The average molecular weight is 450 g/mol. The lowest BCUT2D eigenvalue weighted by atomic mass is 9.89. The molecule has 5 nitrogen and oxygen atoms in total. The fraction of sp³-hybridized carbons (Fsp3) is 0.478. The SMILES string of the molecule is Cc1ccc(S(=O)(=O)C(NS(=O)(=O)c2c(C)cc(C)cc2C)C2CCCCC2)cc1. The van der Waals surface area contributed by atoms with Gasteiger partial charge in [0.05, 0.1) is 9.79 Å². The van der Waals surface area contributed by atoms with Gasteiger partial charge in [-0.2, -0.15) is 4.72 Å². The maximum absolute atomic E-state index is 13.5. The number of sulfone groups is 1. The molecule has 1 N–H and O–H groups in total. The first-order valence-corrected chi connectivity index (χ1v) is 13.5. The molecule has 1 aliphatic carbocycles. The van der Waals surface area contributed by atoms with Gasteiger partial charge in [-0.25, -0.2) is 16.8 Å². The first kappa shape index (κ1) is 23.0. The highest BCUT2D eigenvalue weighted by Crippen LogP contribution is 2.33. The molecule has 1 atom stereocenters. The zero-order valence-electron chi connectivity index (χ0n) is 18.1. The summed E-state index contributed by atoms with van der Waals surface area (Å²) in [5.41, 5.74) is 3.17. The van der Waals surface area contributed by atoms with Crippen LogP contribution in [0.1, 0.15) is 54.4 Å². The lowest BCUT2D eigenvalue weighted by molar-refractivity contribution is 0.331. The largest absolute Gasteiger partial charge is 0.242 e. The molecule has 2 aromatic rings. The Hall–Kier alpha value is -1.70. The molecule has 1 aliphatic rings. The first-order chi connectivity index (χ1) is 14.0. The molecule has 0 heterocycles. The predicted molar refractivity (Wildman–Crippen MR) is 120 cm³/mol. The Morgan fingerprint density at radius 3 is 1.87 bits per heavy atom. The van der Waals surface area contributed by atoms with Gasteiger partial charge in [0.1, 0.15) is 5.37 Å². The molecule has 30 heavy (non-hydrogen) atoms. The summed E-state index contributed by atoms with van der Waals surface area (Å²) in [6.45, 7) is 7.30. The number of hydrogen-bond acceptors (Lipinski definition) is 4. The van der Waals surface area contributed by atoms with E-state index in [4.69, 9.17) is 0 Å². The van der Waals surface area contributed by atoms with Crippen molar-refractivity contribution in [2.45, 2.75) is 75.0 Å². The fourth-order valence-corrected chi connectivity index (χ4v) is 8.58. The van der Waals surface area contributed by atoms with Gasteiger partial charge >= 0.3 is 0 Å². The number of hydrogen-bond donors (Lipinski definition) is 1. The Labute approximate surface area is 180 Å². The molecule has 0 aromatic heterocycles. The molecule has 0 saturated heterocycles. The normalized spacial score (nSPS) is 17.1. The van der Waals surface area contributed by atoms with Gasteiger partial charge in [0.25, 0.3) is 0 Å². The van der Waals surface area contributed by atoms with Gasteiger partial charge in [0, 0.05) is 0 Å². The van der Waals surface area contributed by atoms with Crippen LogP contribution in [0.2, 0.25) is 0 Å². The predicted octanol–water partition coefficient (Wildman–Crippen LogP) is 4.58. The summed E-state index contributed by atoms with van der Waals surface area (Å²) in [5.74, 6) is -0.245. The van der Waals surface area contributed by atoms with Crippen LogP contribution in [-0.2, 0) is 19.9 Å². The zero-order valence-corrected chi connectivity index (χ0v) is 19.7. The molecule has 0 bridgehead atoms. The van der Waals surface area contributed by atoms with E-state index >= 15 is 0 Å². The minimum atomic E-state index is -4.02. The van der Waals surface area contributed by atoms with E-state index in [0.717, 1.165) is 30.4 Å². The standard InChI is InChI=1S/C23H31NO4S2/c1-16-10-12-21(13-11-16)29(25,26)23(20-8-6-5-7-9-20)24-30(27,28)22-18(3)14-17(2)15-19(22)4/h10-15,20,23-24H,5-9H2,1-4H3. The topological polar surface area (TPSA) is 80.3 Å². The van der Waals surface area contributed by atoms with Crippen molar-refractivity contribution in [3.05, 3.63) is 58.7 Å². The van der Waals surface area contributed by atoms with E-state index in [1.807, 2.05) is 26.0 Å². The number of sulfonamides is 1. The van der Waals surface area contributed by atoms with Crippen LogP contribution in [0, 0.1) is 33.6 Å². The molecule has 3 rings (SSSR count). The van der Waals surface area contributed by atoms with E-state index < -0.39 is 25.2 Å². The van der Waals surface area contributed by atoms with Crippen molar-refractivity contribution in [1.29, 1.82) is 0 Å². The molecule has 1 saturated carbocycles. The highest BCUT2D eigenvalue weighted by atomic mass is 32.2. The maximum Gasteiger partial charge on any atom is 0.242 e. The summed E-state index contributed by atoms with van der Waals surface area (Å²) >= 11 is 0. The molecular weight excluding hydrogens is 418 g/mol. The minimum Gasteiger partial charge on any atom is -0.222 e. The van der Waals surface area contributed by atoms with Crippen LogP contribution in [0.15, 0.2) is 46.2 Å². The first-order valence-electron chi connectivity index (χ1n) is 10.4. The molecule has 7 heteroatoms. The van der Waals surface area contributed by atoms with Crippen LogP contribution in [0.25, 0.3) is 0 Å². The summed E-state index contributed by atoms with van der Waals surface area (Å²) < 4.78 is 56.5. The van der Waals surface area contributed by atoms with Crippen molar-refractivity contribution in [3.8, 4) is 0 Å². The minimum absolute atomic E-state index is 0.156. The molecule has 0 radical (unpaired) electrons. The van der Waals surface area contributed by atoms with E-state index in [0.29, 0.717) is 24.0 Å². The van der Waals surface area contributed by atoms with E-state index in [1.165, 1.54) is 0 Å². The summed E-state index contributed by atoms with van der Waals surface area (Å²) in [6, 6.07) is 10.2. The quantitative estimate of drug-likeness (QED) is 0.700. The van der Waals surface area contributed by atoms with Crippen LogP contribution in [0.5, 0.6) is 0 Å². The molecule has 1 unspecified atom stereocenters. The van der Waals surface area contributed by atoms with Crippen LogP contribution in [0.3, 0.4) is 0 Å². The Morgan fingerprint density at radius 2 is 1.33 bits per heavy atom. The second-order valence-electron chi connectivity index (χ2n) is 8.53. The van der Waals surface area contributed by atoms with Crippen LogP contribution in [0.4, 0.5) is 0 Å². The van der Waals surface area contributed by atoms with Gasteiger partial charge in [-0.1, -0.05) is 54.7 Å². The summed E-state index contributed by atoms with van der Waals surface area (Å²) in [6.07, 6.45) is 4.27. The molecule has 0 aliphatic heterocycles. The summed E-state index contributed by atoms with van der Waals surface area (Å²) in [5, 5.41) is -1.18. The van der Waals surface area contributed by atoms with Crippen molar-refractivity contribution in [2.24, 2.45) is 5.92 Å². The molecule has 0 spiro atoms. The number of benzene rings is 2. The monoisotopic (exact) mass is 449 g/mol. The number of rotatable bonds is 6. The van der Waals surface area contributed by atoms with E-state index in [1.54, 1.807) is 38.1 Å². The van der Waals surface area contributed by atoms with Crippen LogP contribution in [-0.4, -0.2) is 22.2 Å². The van der Waals surface area contributed by atoms with E-state index in [2.05, 4.69) is 4.72 Å². The lowest BCUT2D eigenvalue weighted by Crippen LogP contribution is -2.46. The third kappa shape index (κ3) is 4.79. The Bertz CT molecular complexity index is 1090. The maximum atomic E-state index is 13.5. The van der Waals surface area contributed by atoms with Gasteiger partial charge in [-0.05, 0) is 69.7 Å². The van der Waals surface area contributed by atoms with Crippen LogP contribution < -0.4 is 4.72 Å². The van der Waals surface area contributed by atoms with E-state index in [9.17, 15) is 16.8 Å². The molecular formula is C23H31NO4S2. The smallest absolute Gasteiger partial charge is 0.222 e. The summed E-state index contributed by atoms with van der Waals surface area (Å²) in [4.78, 5) is 0.330. The third-order valence-electron chi connectivity index (χ3n) is 5.91. The van der Waals surface area contributed by atoms with Crippen molar-refractivity contribution < 1.29 is 16.8 Å². The lowest BCUT2D eigenvalue weighted by Gasteiger charge is -2.31. The molecule has 1 fully saturated rings. The second kappa shape index (κ2) is 8.81. The average Bonchev–Trinajstić information content (AvgIpc) is 2.66. The Morgan fingerprint density at radius 1 is 0.800 bits per heavy atom. The van der Waals surface area contributed by atoms with E-state index in [-0.39, 0.29) is 15.7 Å². The Kier molecular flexibility index (Phi) is 6.75. The van der Waals surface area contributed by atoms with Gasteiger partial charge in [0.15, 0.2) is 9.84 Å². The van der Waals surface area contributed by atoms with Gasteiger partial charge in [-0.15, -0.1) is 0 Å². The highest BCUT2D eigenvalue weighted by Gasteiger charge is 2.39. The third-order valence-corrected chi connectivity index (χ3v) is 9.90. The van der Waals surface area contributed by atoms with Crippen molar-refractivity contribution in [2.75, 3.05) is 0 Å². The van der Waals surface area contributed by atoms with Crippen molar-refractivity contribution in [1.82, 2.24) is 4.72 Å². The number of nitrogens with one attached hydrogen (secondary N) is 1. The van der Waals surface area contributed by atoms with Gasteiger partial charge in [-0.3, -0.25) is 0 Å². The molecule has 2 aromatic carbocycles. The fourth-order valence-electron chi connectivity index (χ4n) is 4.53. The Balaban J connectivity index is 2.06. The van der Waals surface area contributed by atoms with Crippen molar-refractivity contribution >= 4 is 19.9 Å². The van der Waals surface area contributed by atoms with Gasteiger partial charge < -0.3 is 0 Å². The molecule has 0 amide bonds. The highest BCUT2D eigenvalue weighted by molar-refractivity contribution is 7.94. The van der Waals surface area contributed by atoms with Crippen LogP contribution >= 0.6 is 0 Å². The second-order valence-corrected chi connectivity index (χ2v) is 12.2.